The summed E-state index contributed by atoms with van der Waals surface area (Å²) < 4.78 is 31.9. The maximum atomic E-state index is 13.6. The topological polar surface area (TPSA) is 128 Å². The van der Waals surface area contributed by atoms with E-state index in [1.165, 1.54) is 0 Å². The summed E-state index contributed by atoms with van der Waals surface area (Å²) in [7, 11) is 0. The zero-order chi connectivity index (χ0) is 19.1. The number of carbonyl (C=O) groups is 4. The molecule has 136 valence electrons. The lowest BCUT2D eigenvalue weighted by Crippen LogP contribution is -2.47. The molecule has 0 saturated heterocycles. The fourth-order valence-corrected chi connectivity index (χ4v) is 1.83. The van der Waals surface area contributed by atoms with Gasteiger partial charge in [0.25, 0.3) is 11.8 Å². The van der Waals surface area contributed by atoms with Crippen molar-refractivity contribution in [3.05, 3.63) is 35.4 Å². The van der Waals surface area contributed by atoms with Crippen LogP contribution in [0.5, 0.6) is 0 Å². The standard InChI is InChI=1S/C15H17F2N3O5/c1-7(2)12(14(23)25-6-10(21)19-15(18)24)20-13(22)11-8(16)4-3-5-9(11)17/h3-5,7,12H,6H2,1-2H3,(H,20,22)(H3,18,19,21,24). The minimum Gasteiger partial charge on any atom is -0.454 e. The minimum atomic E-state index is -1.27. The number of benzene rings is 1. The largest absolute Gasteiger partial charge is 0.454 e. The van der Waals surface area contributed by atoms with E-state index >= 15 is 0 Å². The lowest BCUT2D eigenvalue weighted by atomic mass is 10.0. The predicted molar refractivity (Wildman–Crippen MR) is 81.1 cm³/mol. The molecule has 1 atom stereocenters. The molecule has 0 aliphatic heterocycles. The number of halogens is 2. The highest BCUT2D eigenvalue weighted by Gasteiger charge is 2.29. The van der Waals surface area contributed by atoms with E-state index in [9.17, 15) is 28.0 Å². The van der Waals surface area contributed by atoms with Crippen LogP contribution in [-0.2, 0) is 14.3 Å². The molecule has 1 unspecified atom stereocenters. The van der Waals surface area contributed by atoms with E-state index in [0.29, 0.717) is 0 Å². The summed E-state index contributed by atoms with van der Waals surface area (Å²) in [6.07, 6.45) is 0. The number of esters is 1. The third-order valence-electron chi connectivity index (χ3n) is 3.01. The molecule has 0 aromatic heterocycles. The van der Waals surface area contributed by atoms with Gasteiger partial charge in [-0.15, -0.1) is 0 Å². The Kier molecular flexibility index (Phi) is 6.97. The van der Waals surface area contributed by atoms with E-state index in [4.69, 9.17) is 5.73 Å². The van der Waals surface area contributed by atoms with E-state index in [2.05, 4.69) is 10.1 Å². The number of urea groups is 1. The second kappa shape index (κ2) is 8.71. The van der Waals surface area contributed by atoms with Crippen LogP contribution in [0.4, 0.5) is 13.6 Å². The third-order valence-corrected chi connectivity index (χ3v) is 3.01. The molecule has 25 heavy (non-hydrogen) atoms. The van der Waals surface area contributed by atoms with Crippen LogP contribution in [0.1, 0.15) is 24.2 Å². The molecule has 1 aromatic rings. The van der Waals surface area contributed by atoms with Gasteiger partial charge in [-0.25, -0.2) is 18.4 Å². The SMILES string of the molecule is CC(C)C(NC(=O)c1c(F)cccc1F)C(=O)OCC(=O)NC(N)=O. The number of primary amides is 1. The number of ether oxygens (including phenoxy) is 1. The van der Waals surface area contributed by atoms with Crippen molar-refractivity contribution >= 4 is 23.8 Å². The maximum absolute atomic E-state index is 13.6. The molecule has 0 fully saturated rings. The first-order valence-electron chi connectivity index (χ1n) is 7.14. The Morgan fingerprint density at radius 3 is 2.20 bits per heavy atom. The number of rotatable bonds is 6. The van der Waals surface area contributed by atoms with Gasteiger partial charge < -0.3 is 15.8 Å². The molecule has 0 radical (unpaired) electrons. The van der Waals surface area contributed by atoms with Crippen LogP contribution in [0.15, 0.2) is 18.2 Å². The van der Waals surface area contributed by atoms with Crippen LogP contribution in [0.2, 0.25) is 0 Å². The molecule has 0 spiro atoms. The molecule has 0 saturated carbocycles. The van der Waals surface area contributed by atoms with Crippen molar-refractivity contribution in [2.75, 3.05) is 6.61 Å². The normalized spacial score (nSPS) is 11.6. The average Bonchev–Trinajstić information content (AvgIpc) is 2.49. The van der Waals surface area contributed by atoms with Crippen LogP contribution in [0, 0.1) is 17.6 Å². The maximum Gasteiger partial charge on any atom is 0.329 e. The highest BCUT2D eigenvalue weighted by molar-refractivity contribution is 5.98. The van der Waals surface area contributed by atoms with Gasteiger partial charge in [0, 0.05) is 0 Å². The average molecular weight is 357 g/mol. The van der Waals surface area contributed by atoms with Crippen molar-refractivity contribution in [2.45, 2.75) is 19.9 Å². The van der Waals surface area contributed by atoms with Gasteiger partial charge in [0.15, 0.2) is 6.61 Å². The van der Waals surface area contributed by atoms with Crippen LogP contribution in [-0.4, -0.2) is 36.5 Å². The highest BCUT2D eigenvalue weighted by atomic mass is 19.1. The first-order chi connectivity index (χ1) is 11.6. The molecule has 1 rings (SSSR count). The zero-order valence-corrected chi connectivity index (χ0v) is 13.5. The van der Waals surface area contributed by atoms with Crippen molar-refractivity contribution in [2.24, 2.45) is 11.7 Å². The van der Waals surface area contributed by atoms with Crippen molar-refractivity contribution in [3.63, 3.8) is 0 Å². The lowest BCUT2D eigenvalue weighted by Gasteiger charge is -2.21. The molecular weight excluding hydrogens is 340 g/mol. The molecule has 0 heterocycles. The van der Waals surface area contributed by atoms with Gasteiger partial charge in [-0.3, -0.25) is 14.9 Å². The van der Waals surface area contributed by atoms with E-state index in [0.717, 1.165) is 18.2 Å². The molecule has 8 nitrogen and oxygen atoms in total. The lowest BCUT2D eigenvalue weighted by molar-refractivity contribution is -0.151. The Bertz CT molecular complexity index is 673. The van der Waals surface area contributed by atoms with Gasteiger partial charge >= 0.3 is 12.0 Å². The first-order valence-corrected chi connectivity index (χ1v) is 7.14. The molecule has 0 aliphatic rings. The summed E-state index contributed by atoms with van der Waals surface area (Å²) in [6.45, 7) is 2.29. The second-order valence-corrected chi connectivity index (χ2v) is 5.31. The summed E-state index contributed by atoms with van der Waals surface area (Å²) in [5, 5.41) is 3.85. The number of imide groups is 1. The molecule has 0 aliphatic carbocycles. The molecule has 10 heteroatoms. The second-order valence-electron chi connectivity index (χ2n) is 5.31. The quantitative estimate of drug-likeness (QED) is 0.637. The number of amides is 4. The van der Waals surface area contributed by atoms with Crippen LogP contribution in [0.25, 0.3) is 0 Å². The Hall–Kier alpha value is -3.04. The summed E-state index contributed by atoms with van der Waals surface area (Å²) in [5.41, 5.74) is 3.89. The summed E-state index contributed by atoms with van der Waals surface area (Å²) in [6, 6.07) is 0.495. The van der Waals surface area contributed by atoms with Crippen molar-refractivity contribution in [1.29, 1.82) is 0 Å². The van der Waals surface area contributed by atoms with E-state index in [1.54, 1.807) is 19.2 Å². The Morgan fingerprint density at radius 1 is 1.16 bits per heavy atom. The molecule has 4 amide bonds. The monoisotopic (exact) mass is 357 g/mol. The fraction of sp³-hybridized carbons (Fsp3) is 0.333. The van der Waals surface area contributed by atoms with Crippen LogP contribution in [0.3, 0.4) is 0 Å². The summed E-state index contributed by atoms with van der Waals surface area (Å²) in [5.74, 6) is -5.81. The molecule has 1 aromatic carbocycles. The zero-order valence-electron chi connectivity index (χ0n) is 13.5. The van der Waals surface area contributed by atoms with E-state index < -0.39 is 59.6 Å². The van der Waals surface area contributed by atoms with Gasteiger partial charge in [0.1, 0.15) is 23.2 Å². The first kappa shape index (κ1) is 20.0. The molecule has 0 bridgehead atoms. The van der Waals surface area contributed by atoms with E-state index in [-0.39, 0.29) is 0 Å². The summed E-state index contributed by atoms with van der Waals surface area (Å²) in [4.78, 5) is 45.7. The third kappa shape index (κ3) is 5.83. The Morgan fingerprint density at radius 2 is 1.72 bits per heavy atom. The van der Waals surface area contributed by atoms with Crippen LogP contribution < -0.4 is 16.4 Å². The smallest absolute Gasteiger partial charge is 0.329 e. The highest BCUT2D eigenvalue weighted by Crippen LogP contribution is 2.13. The van der Waals surface area contributed by atoms with Gasteiger partial charge in [-0.2, -0.15) is 0 Å². The number of nitrogens with two attached hydrogens (primary N) is 1. The number of hydrogen-bond acceptors (Lipinski definition) is 5. The van der Waals surface area contributed by atoms with E-state index in [1.807, 2.05) is 0 Å². The number of carbonyl (C=O) groups excluding carboxylic acids is 4. The number of nitrogens with one attached hydrogen (secondary N) is 2. The molecule has 4 N–H and O–H groups in total. The van der Waals surface area contributed by atoms with Gasteiger partial charge in [0.05, 0.1) is 0 Å². The van der Waals surface area contributed by atoms with Crippen LogP contribution >= 0.6 is 0 Å². The minimum absolute atomic E-state index is 0.509. The van der Waals surface area contributed by atoms with Crippen molar-refractivity contribution in [3.8, 4) is 0 Å². The van der Waals surface area contributed by atoms with Crippen molar-refractivity contribution < 1.29 is 32.7 Å². The number of hydrogen-bond donors (Lipinski definition) is 3. The fourth-order valence-electron chi connectivity index (χ4n) is 1.83. The van der Waals surface area contributed by atoms with Gasteiger partial charge in [-0.05, 0) is 18.1 Å². The summed E-state index contributed by atoms with van der Waals surface area (Å²) >= 11 is 0. The Balaban J connectivity index is 2.80. The van der Waals surface area contributed by atoms with Crippen molar-refractivity contribution in [1.82, 2.24) is 10.6 Å². The predicted octanol–water partition coefficient (Wildman–Crippen LogP) is 0.457. The van der Waals surface area contributed by atoms with Gasteiger partial charge in [0.2, 0.25) is 0 Å². The van der Waals surface area contributed by atoms with Gasteiger partial charge in [-0.1, -0.05) is 19.9 Å². The Labute approximate surface area is 141 Å². The molecular formula is C15H17F2N3O5.